The summed E-state index contributed by atoms with van der Waals surface area (Å²) in [5.74, 6) is 0.626. The van der Waals surface area contributed by atoms with Gasteiger partial charge < -0.3 is 15.4 Å². The van der Waals surface area contributed by atoms with Crippen LogP contribution in [0.1, 0.15) is 41.8 Å². The number of benzene rings is 2. The highest BCUT2D eigenvalue weighted by Crippen LogP contribution is 2.12. The molecule has 2 aromatic carbocycles. The van der Waals surface area contributed by atoms with E-state index >= 15 is 0 Å². The predicted molar refractivity (Wildman–Crippen MR) is 112 cm³/mol. The third kappa shape index (κ3) is 6.72. The van der Waals surface area contributed by atoms with Crippen LogP contribution in [0.3, 0.4) is 0 Å². The maximum Gasteiger partial charge on any atom is 0.252 e. The monoisotopic (exact) mass is 382 g/mol. The van der Waals surface area contributed by atoms with Crippen LogP contribution >= 0.6 is 0 Å². The van der Waals surface area contributed by atoms with Crippen molar-refractivity contribution in [2.45, 2.75) is 40.2 Å². The molecule has 1 unspecified atom stereocenters. The molecule has 5 nitrogen and oxygen atoms in total. The average molecular weight is 383 g/mol. The first kappa shape index (κ1) is 21.5. The van der Waals surface area contributed by atoms with E-state index in [4.69, 9.17) is 4.74 Å². The van der Waals surface area contributed by atoms with E-state index in [9.17, 15) is 9.59 Å². The lowest BCUT2D eigenvalue weighted by Crippen LogP contribution is -2.48. The van der Waals surface area contributed by atoms with Crippen molar-refractivity contribution in [1.29, 1.82) is 0 Å². The molecule has 150 valence electrons. The Hall–Kier alpha value is -2.82. The fraction of sp³-hybridized carbons (Fsp3) is 0.391. The first-order valence-electron chi connectivity index (χ1n) is 9.70. The Labute approximate surface area is 167 Å². The van der Waals surface area contributed by atoms with Gasteiger partial charge in [-0.05, 0) is 49.9 Å². The van der Waals surface area contributed by atoms with Crippen molar-refractivity contribution >= 4 is 11.8 Å². The van der Waals surface area contributed by atoms with E-state index in [0.29, 0.717) is 25.1 Å². The van der Waals surface area contributed by atoms with Gasteiger partial charge in [0.2, 0.25) is 5.91 Å². The lowest BCUT2D eigenvalue weighted by atomic mass is 10.0. The third-order valence-corrected chi connectivity index (χ3v) is 4.41. The maximum absolute atomic E-state index is 12.6. The molecular weight excluding hydrogens is 352 g/mol. The largest absolute Gasteiger partial charge is 0.492 e. The Morgan fingerprint density at radius 1 is 1.00 bits per heavy atom. The molecular formula is C23H30N2O3. The second-order valence-corrected chi connectivity index (χ2v) is 7.42. The van der Waals surface area contributed by atoms with Gasteiger partial charge in [0.1, 0.15) is 18.4 Å². The highest BCUT2D eigenvalue weighted by molar-refractivity contribution is 5.98. The summed E-state index contributed by atoms with van der Waals surface area (Å²) in [6.07, 6.45) is 0.572. The fourth-order valence-electron chi connectivity index (χ4n) is 2.87. The summed E-state index contributed by atoms with van der Waals surface area (Å²) < 4.78 is 5.64. The Bertz CT molecular complexity index is 785. The van der Waals surface area contributed by atoms with Gasteiger partial charge >= 0.3 is 0 Å². The molecule has 2 aromatic rings. The van der Waals surface area contributed by atoms with Crippen molar-refractivity contribution in [2.75, 3.05) is 13.2 Å². The number of carbonyl (C=O) groups is 2. The minimum Gasteiger partial charge on any atom is -0.492 e. The van der Waals surface area contributed by atoms with Gasteiger partial charge in [0.25, 0.3) is 5.91 Å². The van der Waals surface area contributed by atoms with Crippen LogP contribution in [-0.2, 0) is 4.79 Å². The van der Waals surface area contributed by atoms with Gasteiger partial charge in [0.05, 0.1) is 6.54 Å². The molecule has 0 spiro atoms. The number of aryl methyl sites for hydroxylation is 2. The zero-order valence-electron chi connectivity index (χ0n) is 17.1. The molecule has 0 radical (unpaired) electrons. The van der Waals surface area contributed by atoms with Crippen LogP contribution in [0, 0.1) is 19.8 Å². The van der Waals surface area contributed by atoms with Crippen LogP contribution in [0.2, 0.25) is 0 Å². The van der Waals surface area contributed by atoms with Crippen LogP contribution < -0.4 is 15.4 Å². The highest BCUT2D eigenvalue weighted by atomic mass is 16.5. The van der Waals surface area contributed by atoms with Crippen LogP contribution in [-0.4, -0.2) is 31.0 Å². The number of nitrogens with one attached hydrogen (secondary N) is 2. The average Bonchev–Trinajstić information content (AvgIpc) is 2.66. The van der Waals surface area contributed by atoms with Gasteiger partial charge in [-0.2, -0.15) is 0 Å². The van der Waals surface area contributed by atoms with Crippen molar-refractivity contribution in [3.8, 4) is 5.75 Å². The molecule has 0 aliphatic rings. The quantitative estimate of drug-likeness (QED) is 0.651. The van der Waals surface area contributed by atoms with Crippen molar-refractivity contribution in [1.82, 2.24) is 10.6 Å². The summed E-state index contributed by atoms with van der Waals surface area (Å²) in [7, 11) is 0. The highest BCUT2D eigenvalue weighted by Gasteiger charge is 2.22. The first-order valence-corrected chi connectivity index (χ1v) is 9.70. The molecule has 2 amide bonds. The molecule has 5 heteroatoms. The Balaban J connectivity index is 1.88. The number of hydrogen-bond acceptors (Lipinski definition) is 3. The summed E-state index contributed by atoms with van der Waals surface area (Å²) in [5.41, 5.74) is 2.64. The molecule has 0 aromatic heterocycles. The maximum atomic E-state index is 12.6. The van der Waals surface area contributed by atoms with Crippen molar-refractivity contribution < 1.29 is 14.3 Å². The summed E-state index contributed by atoms with van der Waals surface area (Å²) in [5, 5.41) is 5.74. The van der Waals surface area contributed by atoms with E-state index in [-0.39, 0.29) is 17.7 Å². The molecule has 2 rings (SSSR count). The smallest absolute Gasteiger partial charge is 0.252 e. The molecule has 0 saturated heterocycles. The SMILES string of the molecule is Cc1ccc(OCCNC(=O)C(CC(C)C)NC(=O)c2ccccc2C)cc1. The first-order chi connectivity index (χ1) is 13.4. The lowest BCUT2D eigenvalue weighted by Gasteiger charge is -2.21. The van der Waals surface area contributed by atoms with E-state index in [1.807, 2.05) is 70.2 Å². The summed E-state index contributed by atoms with van der Waals surface area (Å²) in [4.78, 5) is 25.2. The minimum absolute atomic E-state index is 0.192. The third-order valence-electron chi connectivity index (χ3n) is 4.41. The molecule has 0 saturated carbocycles. The van der Waals surface area contributed by atoms with E-state index < -0.39 is 6.04 Å². The molecule has 0 fully saturated rings. The minimum atomic E-state index is -0.577. The second kappa shape index (κ2) is 10.5. The van der Waals surface area contributed by atoms with Crippen molar-refractivity contribution in [2.24, 2.45) is 5.92 Å². The lowest BCUT2D eigenvalue weighted by molar-refractivity contribution is -0.123. The number of rotatable bonds is 9. The fourth-order valence-corrected chi connectivity index (χ4v) is 2.87. The van der Waals surface area contributed by atoms with Crippen molar-refractivity contribution in [3.63, 3.8) is 0 Å². The Morgan fingerprint density at radius 2 is 1.68 bits per heavy atom. The topological polar surface area (TPSA) is 67.4 Å². The molecule has 28 heavy (non-hydrogen) atoms. The van der Waals surface area contributed by atoms with Crippen molar-refractivity contribution in [3.05, 3.63) is 65.2 Å². The normalized spacial score (nSPS) is 11.8. The number of amides is 2. The van der Waals surface area contributed by atoms with E-state index in [1.54, 1.807) is 6.07 Å². The van der Waals surface area contributed by atoms with E-state index in [1.165, 1.54) is 5.56 Å². The molecule has 0 aliphatic heterocycles. The number of hydrogen-bond donors (Lipinski definition) is 2. The Morgan fingerprint density at radius 3 is 2.32 bits per heavy atom. The van der Waals surface area contributed by atoms with Crippen LogP contribution in [0.25, 0.3) is 0 Å². The van der Waals surface area contributed by atoms with Gasteiger partial charge in [-0.15, -0.1) is 0 Å². The summed E-state index contributed by atoms with van der Waals surface area (Å²) >= 11 is 0. The predicted octanol–water partition coefficient (Wildman–Crippen LogP) is 3.64. The van der Waals surface area contributed by atoms with Crippen LogP contribution in [0.4, 0.5) is 0 Å². The Kier molecular flexibility index (Phi) is 8.05. The molecule has 0 bridgehead atoms. The standard InChI is InChI=1S/C23H30N2O3/c1-16(2)15-21(25-22(26)20-8-6-5-7-18(20)4)23(27)24-13-14-28-19-11-9-17(3)10-12-19/h5-12,16,21H,13-15H2,1-4H3,(H,24,27)(H,25,26). The second-order valence-electron chi connectivity index (χ2n) is 7.42. The van der Waals surface area contributed by atoms with Gasteiger partial charge in [-0.25, -0.2) is 0 Å². The van der Waals surface area contributed by atoms with Gasteiger partial charge in [-0.3, -0.25) is 9.59 Å². The molecule has 0 aliphatic carbocycles. The summed E-state index contributed by atoms with van der Waals surface area (Å²) in [6.45, 7) is 8.71. The van der Waals surface area contributed by atoms with E-state index in [0.717, 1.165) is 11.3 Å². The van der Waals surface area contributed by atoms with Gasteiger partial charge in [-0.1, -0.05) is 49.7 Å². The molecule has 2 N–H and O–H groups in total. The summed E-state index contributed by atoms with van der Waals surface area (Å²) in [6, 6.07) is 14.6. The zero-order chi connectivity index (χ0) is 20.5. The zero-order valence-corrected chi connectivity index (χ0v) is 17.1. The van der Waals surface area contributed by atoms with Crippen LogP contribution in [0.5, 0.6) is 5.75 Å². The molecule has 1 atom stereocenters. The molecule has 0 heterocycles. The van der Waals surface area contributed by atoms with Crippen LogP contribution in [0.15, 0.2) is 48.5 Å². The van der Waals surface area contributed by atoms with E-state index in [2.05, 4.69) is 10.6 Å². The number of carbonyl (C=O) groups excluding carboxylic acids is 2. The van der Waals surface area contributed by atoms with Gasteiger partial charge in [0, 0.05) is 5.56 Å². The van der Waals surface area contributed by atoms with Gasteiger partial charge in [0.15, 0.2) is 0 Å². The number of ether oxygens (including phenoxy) is 1.